The third kappa shape index (κ3) is 3.82. The highest BCUT2D eigenvalue weighted by Crippen LogP contribution is 2.29. The highest BCUT2D eigenvalue weighted by atomic mass is 16.5. The van der Waals surface area contributed by atoms with Gasteiger partial charge in [0.2, 0.25) is 5.91 Å². The molecular weight excluding hydrogens is 314 g/mol. The topological polar surface area (TPSA) is 36.0 Å². The standard InChI is InChI=1S/C20H29N3O2/c24-20(15-21-9-4-5-10-21)22-11-8-19-17(14-22)16-25-13-12-23(19)18-6-2-1-3-7-18/h1-3,6-7,17,19H,4-5,8-16H2/t17-,19+/m1/s1. The van der Waals surface area contributed by atoms with Crippen molar-refractivity contribution in [2.45, 2.75) is 25.3 Å². The van der Waals surface area contributed by atoms with Crippen molar-refractivity contribution in [3.63, 3.8) is 0 Å². The first-order valence-electron chi connectivity index (χ1n) is 9.71. The van der Waals surface area contributed by atoms with E-state index in [-0.39, 0.29) is 0 Å². The molecule has 3 heterocycles. The van der Waals surface area contributed by atoms with Crippen molar-refractivity contribution in [3.05, 3.63) is 30.3 Å². The molecule has 0 bridgehead atoms. The van der Waals surface area contributed by atoms with Gasteiger partial charge in [0, 0.05) is 37.3 Å². The van der Waals surface area contributed by atoms with Crippen LogP contribution in [0.3, 0.4) is 0 Å². The molecule has 1 aromatic carbocycles. The Hall–Kier alpha value is -1.59. The van der Waals surface area contributed by atoms with Gasteiger partial charge in [-0.15, -0.1) is 0 Å². The Kier molecular flexibility index (Phi) is 5.22. The van der Waals surface area contributed by atoms with Crippen LogP contribution in [-0.4, -0.2) is 74.2 Å². The fraction of sp³-hybridized carbons (Fsp3) is 0.650. The Morgan fingerprint density at radius 1 is 1.08 bits per heavy atom. The molecule has 0 aliphatic carbocycles. The number of hydrogen-bond donors (Lipinski definition) is 0. The predicted molar refractivity (Wildman–Crippen MR) is 98.8 cm³/mol. The van der Waals surface area contributed by atoms with Crippen LogP contribution in [-0.2, 0) is 9.53 Å². The molecule has 1 aromatic rings. The van der Waals surface area contributed by atoms with Crippen LogP contribution in [0.5, 0.6) is 0 Å². The fourth-order valence-corrected chi connectivity index (χ4v) is 4.56. The molecule has 3 aliphatic rings. The molecule has 0 N–H and O–H groups in total. The number of piperidine rings is 1. The van der Waals surface area contributed by atoms with E-state index in [0.29, 0.717) is 24.4 Å². The normalized spacial score (nSPS) is 27.8. The summed E-state index contributed by atoms with van der Waals surface area (Å²) in [6.07, 6.45) is 3.50. The summed E-state index contributed by atoms with van der Waals surface area (Å²) in [5.41, 5.74) is 1.28. The number of anilines is 1. The summed E-state index contributed by atoms with van der Waals surface area (Å²) >= 11 is 0. The summed E-state index contributed by atoms with van der Waals surface area (Å²) < 4.78 is 5.89. The number of ether oxygens (including phenoxy) is 1. The zero-order valence-electron chi connectivity index (χ0n) is 15.0. The van der Waals surface area contributed by atoms with Crippen LogP contribution >= 0.6 is 0 Å². The van der Waals surface area contributed by atoms with Gasteiger partial charge >= 0.3 is 0 Å². The number of benzene rings is 1. The highest BCUT2D eigenvalue weighted by Gasteiger charge is 2.37. The molecule has 4 rings (SSSR count). The Morgan fingerprint density at radius 3 is 2.68 bits per heavy atom. The van der Waals surface area contributed by atoms with Crippen molar-refractivity contribution in [3.8, 4) is 0 Å². The van der Waals surface area contributed by atoms with Crippen molar-refractivity contribution < 1.29 is 9.53 Å². The van der Waals surface area contributed by atoms with Crippen molar-refractivity contribution >= 4 is 11.6 Å². The third-order valence-corrected chi connectivity index (χ3v) is 5.90. The van der Waals surface area contributed by atoms with Crippen LogP contribution in [0, 0.1) is 5.92 Å². The maximum Gasteiger partial charge on any atom is 0.236 e. The van der Waals surface area contributed by atoms with E-state index in [9.17, 15) is 4.79 Å². The summed E-state index contributed by atoms with van der Waals surface area (Å²) in [6.45, 7) is 6.93. The number of fused-ring (bicyclic) bond motifs is 1. The molecule has 1 amide bonds. The van der Waals surface area contributed by atoms with E-state index < -0.39 is 0 Å². The van der Waals surface area contributed by atoms with Crippen LogP contribution in [0.25, 0.3) is 0 Å². The number of amides is 1. The molecule has 5 heteroatoms. The maximum absolute atomic E-state index is 12.7. The fourth-order valence-electron chi connectivity index (χ4n) is 4.56. The van der Waals surface area contributed by atoms with Crippen LogP contribution < -0.4 is 4.90 Å². The van der Waals surface area contributed by atoms with Gasteiger partial charge in [-0.05, 0) is 44.5 Å². The summed E-state index contributed by atoms with van der Waals surface area (Å²) in [4.78, 5) is 19.6. The first kappa shape index (κ1) is 16.9. The number of carbonyl (C=O) groups is 1. The minimum atomic E-state index is 0.302. The second kappa shape index (κ2) is 7.75. The van der Waals surface area contributed by atoms with Gasteiger partial charge in [-0.1, -0.05) is 18.2 Å². The van der Waals surface area contributed by atoms with E-state index in [4.69, 9.17) is 4.74 Å². The second-order valence-corrected chi connectivity index (χ2v) is 7.54. The first-order valence-corrected chi connectivity index (χ1v) is 9.71. The lowest BCUT2D eigenvalue weighted by molar-refractivity contribution is -0.134. The molecule has 25 heavy (non-hydrogen) atoms. The van der Waals surface area contributed by atoms with Crippen LogP contribution in [0.15, 0.2) is 30.3 Å². The van der Waals surface area contributed by atoms with E-state index in [0.717, 1.165) is 52.4 Å². The summed E-state index contributed by atoms with van der Waals surface area (Å²) in [5, 5.41) is 0. The van der Waals surface area contributed by atoms with Crippen molar-refractivity contribution in [1.82, 2.24) is 9.80 Å². The number of para-hydroxylation sites is 1. The molecule has 3 saturated heterocycles. The molecular formula is C20H29N3O2. The smallest absolute Gasteiger partial charge is 0.236 e. The lowest BCUT2D eigenvalue weighted by Crippen LogP contribution is -2.54. The van der Waals surface area contributed by atoms with E-state index in [1.807, 2.05) is 0 Å². The number of carbonyl (C=O) groups excluding carboxylic acids is 1. The van der Waals surface area contributed by atoms with Gasteiger partial charge in [0.15, 0.2) is 0 Å². The van der Waals surface area contributed by atoms with Crippen molar-refractivity contribution in [2.75, 3.05) is 57.4 Å². The van der Waals surface area contributed by atoms with Crippen molar-refractivity contribution in [2.24, 2.45) is 5.92 Å². The second-order valence-electron chi connectivity index (χ2n) is 7.54. The minimum absolute atomic E-state index is 0.302. The van der Waals surface area contributed by atoms with Crippen LogP contribution in [0.1, 0.15) is 19.3 Å². The molecule has 3 aliphatic heterocycles. The summed E-state index contributed by atoms with van der Waals surface area (Å²) in [5.74, 6) is 0.704. The van der Waals surface area contributed by atoms with E-state index in [2.05, 4.69) is 45.0 Å². The van der Waals surface area contributed by atoms with E-state index >= 15 is 0 Å². The molecule has 0 saturated carbocycles. The molecule has 0 unspecified atom stereocenters. The summed E-state index contributed by atoms with van der Waals surface area (Å²) in [7, 11) is 0. The van der Waals surface area contributed by atoms with Crippen LogP contribution in [0.4, 0.5) is 5.69 Å². The molecule has 136 valence electrons. The average Bonchev–Trinajstić information content (AvgIpc) is 3.06. The zero-order chi connectivity index (χ0) is 17.1. The van der Waals surface area contributed by atoms with Gasteiger partial charge in [0.05, 0.1) is 19.8 Å². The van der Waals surface area contributed by atoms with Gasteiger partial charge in [0.1, 0.15) is 0 Å². The zero-order valence-corrected chi connectivity index (χ0v) is 15.0. The van der Waals surface area contributed by atoms with Crippen LogP contribution in [0.2, 0.25) is 0 Å². The summed E-state index contributed by atoms with van der Waals surface area (Å²) in [6, 6.07) is 11.1. The lowest BCUT2D eigenvalue weighted by atomic mass is 9.91. The van der Waals surface area contributed by atoms with Crippen molar-refractivity contribution in [1.29, 1.82) is 0 Å². The molecule has 0 spiro atoms. The monoisotopic (exact) mass is 343 g/mol. The SMILES string of the molecule is O=C(CN1CCCC1)N1CC[C@H]2[C@@H](COCCN2c2ccccc2)C1. The average molecular weight is 343 g/mol. The molecule has 0 aromatic heterocycles. The van der Waals surface area contributed by atoms with Gasteiger partial charge in [-0.3, -0.25) is 9.69 Å². The van der Waals surface area contributed by atoms with E-state index in [1.165, 1.54) is 18.5 Å². The third-order valence-electron chi connectivity index (χ3n) is 5.90. The van der Waals surface area contributed by atoms with Gasteiger partial charge in [-0.2, -0.15) is 0 Å². The molecule has 2 atom stereocenters. The lowest BCUT2D eigenvalue weighted by Gasteiger charge is -2.43. The Balaban J connectivity index is 1.42. The van der Waals surface area contributed by atoms with E-state index in [1.54, 1.807) is 0 Å². The molecule has 3 fully saturated rings. The first-order chi connectivity index (χ1) is 12.3. The molecule has 0 radical (unpaired) electrons. The Morgan fingerprint density at radius 2 is 1.88 bits per heavy atom. The number of hydrogen-bond acceptors (Lipinski definition) is 4. The number of rotatable bonds is 3. The Bertz CT molecular complexity index is 574. The number of likely N-dealkylation sites (tertiary alicyclic amines) is 2. The molecule has 5 nitrogen and oxygen atoms in total. The quantitative estimate of drug-likeness (QED) is 0.839. The minimum Gasteiger partial charge on any atom is -0.379 e. The van der Waals surface area contributed by atoms with Gasteiger partial charge < -0.3 is 14.5 Å². The van der Waals surface area contributed by atoms with Gasteiger partial charge in [0.25, 0.3) is 0 Å². The Labute approximate surface area is 150 Å². The van der Waals surface area contributed by atoms with Gasteiger partial charge in [-0.25, -0.2) is 0 Å². The number of nitrogens with zero attached hydrogens (tertiary/aromatic N) is 3. The predicted octanol–water partition coefficient (Wildman–Crippen LogP) is 1.84. The maximum atomic E-state index is 12.7. The highest BCUT2D eigenvalue weighted by molar-refractivity contribution is 5.78. The largest absolute Gasteiger partial charge is 0.379 e.